The Morgan fingerprint density at radius 2 is 2.20 bits per heavy atom. The Balaban J connectivity index is 2.32. The van der Waals surface area contributed by atoms with Crippen molar-refractivity contribution in [3.63, 3.8) is 0 Å². The van der Waals surface area contributed by atoms with Gasteiger partial charge in [-0.3, -0.25) is 4.79 Å². The van der Waals surface area contributed by atoms with Gasteiger partial charge in [-0.1, -0.05) is 11.3 Å². The number of rotatable bonds is 2. The number of nitrogens with one attached hydrogen (secondary N) is 1. The molecule has 0 aliphatic carbocycles. The molecule has 2 rings (SSSR count). The number of carbonyl (C=O) groups is 1. The quantitative estimate of drug-likeness (QED) is 0.813. The third-order valence-electron chi connectivity index (χ3n) is 1.76. The molecule has 0 unspecified atom stereocenters. The summed E-state index contributed by atoms with van der Waals surface area (Å²) in [7, 11) is 0. The molecule has 0 aliphatic heterocycles. The Bertz CT molecular complexity index is 500. The molecule has 0 saturated carbocycles. The first kappa shape index (κ1) is 10.0. The van der Waals surface area contributed by atoms with E-state index >= 15 is 0 Å². The van der Waals surface area contributed by atoms with E-state index in [4.69, 9.17) is 0 Å². The molecule has 1 amide bonds. The van der Waals surface area contributed by atoms with E-state index in [2.05, 4.69) is 20.6 Å². The molecule has 7 heteroatoms. The molecule has 1 N–H and O–H groups in total. The van der Waals surface area contributed by atoms with Gasteiger partial charge in [-0.05, 0) is 20.8 Å². The zero-order valence-electron chi connectivity index (χ0n) is 8.68. The van der Waals surface area contributed by atoms with E-state index < -0.39 is 0 Å². The number of hydrogen-bond donors (Lipinski definition) is 1. The number of amides is 1. The highest BCUT2D eigenvalue weighted by molar-refractivity contribution is 7.18. The second-order valence-electron chi connectivity index (χ2n) is 3.48. The molecule has 15 heavy (non-hydrogen) atoms. The van der Waals surface area contributed by atoms with Crippen molar-refractivity contribution >= 4 is 22.2 Å². The monoisotopic (exact) mass is 225 g/mol. The second kappa shape index (κ2) is 3.58. The number of hydrogen-bond acceptors (Lipinski definition) is 5. The summed E-state index contributed by atoms with van der Waals surface area (Å²) in [5.74, 6) is 0.518. The van der Waals surface area contributed by atoms with Crippen molar-refractivity contribution < 1.29 is 4.79 Å². The molecule has 0 bridgehead atoms. The van der Waals surface area contributed by atoms with Crippen LogP contribution < -0.4 is 5.32 Å². The van der Waals surface area contributed by atoms with Gasteiger partial charge in [0, 0.05) is 6.04 Å². The molecular formula is C8H11N5OS. The SMILES string of the molecule is Cc1nnc2sc(C(=O)NC(C)C)nn12. The first-order valence-corrected chi connectivity index (χ1v) is 5.39. The van der Waals surface area contributed by atoms with E-state index in [0.717, 1.165) is 0 Å². The molecule has 0 aromatic carbocycles. The first-order chi connectivity index (χ1) is 7.08. The Morgan fingerprint density at radius 1 is 1.47 bits per heavy atom. The summed E-state index contributed by atoms with van der Waals surface area (Å²) >= 11 is 1.23. The number of aromatic nitrogens is 4. The van der Waals surface area contributed by atoms with E-state index in [1.807, 2.05) is 13.8 Å². The molecule has 0 fully saturated rings. The molecular weight excluding hydrogens is 214 g/mol. The van der Waals surface area contributed by atoms with Crippen LogP contribution in [-0.4, -0.2) is 31.8 Å². The average molecular weight is 225 g/mol. The van der Waals surface area contributed by atoms with Gasteiger partial charge in [-0.25, -0.2) is 0 Å². The third kappa shape index (κ3) is 1.82. The van der Waals surface area contributed by atoms with Gasteiger partial charge in [0.1, 0.15) is 0 Å². The lowest BCUT2D eigenvalue weighted by Crippen LogP contribution is -2.30. The molecule has 80 valence electrons. The number of nitrogens with zero attached hydrogens (tertiary/aromatic N) is 4. The van der Waals surface area contributed by atoms with E-state index in [9.17, 15) is 4.79 Å². The van der Waals surface area contributed by atoms with Crippen LogP contribution in [0.25, 0.3) is 4.96 Å². The lowest BCUT2D eigenvalue weighted by atomic mass is 10.4. The highest BCUT2D eigenvalue weighted by Crippen LogP contribution is 2.13. The van der Waals surface area contributed by atoms with Crippen LogP contribution in [0, 0.1) is 6.92 Å². The van der Waals surface area contributed by atoms with Gasteiger partial charge >= 0.3 is 0 Å². The molecule has 0 aliphatic rings. The van der Waals surface area contributed by atoms with Crippen molar-refractivity contribution in [1.82, 2.24) is 25.1 Å². The number of carbonyl (C=O) groups excluding carboxylic acids is 1. The summed E-state index contributed by atoms with van der Waals surface area (Å²) in [6.07, 6.45) is 0. The van der Waals surface area contributed by atoms with Crippen molar-refractivity contribution in [3.8, 4) is 0 Å². The van der Waals surface area contributed by atoms with Gasteiger partial charge in [0.15, 0.2) is 5.82 Å². The Morgan fingerprint density at radius 3 is 2.80 bits per heavy atom. The lowest BCUT2D eigenvalue weighted by Gasteiger charge is -2.04. The summed E-state index contributed by atoms with van der Waals surface area (Å²) in [4.78, 5) is 12.2. The molecule has 0 saturated heterocycles. The summed E-state index contributed by atoms with van der Waals surface area (Å²) in [5, 5.41) is 15.0. The molecule has 6 nitrogen and oxygen atoms in total. The molecule has 2 aromatic rings. The Kier molecular flexibility index (Phi) is 2.39. The fraction of sp³-hybridized carbons (Fsp3) is 0.500. The van der Waals surface area contributed by atoms with Crippen molar-refractivity contribution in [2.45, 2.75) is 26.8 Å². The summed E-state index contributed by atoms with van der Waals surface area (Å²) < 4.78 is 1.57. The van der Waals surface area contributed by atoms with Crippen molar-refractivity contribution in [2.75, 3.05) is 0 Å². The predicted octanol–water partition coefficient (Wildman–Crippen LogP) is 0.632. The molecule has 0 atom stereocenters. The predicted molar refractivity (Wildman–Crippen MR) is 56.0 cm³/mol. The van der Waals surface area contributed by atoms with E-state index in [-0.39, 0.29) is 11.9 Å². The van der Waals surface area contributed by atoms with Crippen molar-refractivity contribution in [3.05, 3.63) is 10.8 Å². The number of aryl methyl sites for hydroxylation is 1. The highest BCUT2D eigenvalue weighted by Gasteiger charge is 2.15. The normalized spacial score (nSPS) is 11.2. The zero-order valence-corrected chi connectivity index (χ0v) is 9.50. The maximum Gasteiger partial charge on any atom is 0.282 e. The highest BCUT2D eigenvalue weighted by atomic mass is 32.1. The van der Waals surface area contributed by atoms with Crippen LogP contribution in [0.2, 0.25) is 0 Å². The van der Waals surface area contributed by atoms with Crippen LogP contribution >= 0.6 is 11.3 Å². The summed E-state index contributed by atoms with van der Waals surface area (Å²) in [6.45, 7) is 5.61. The van der Waals surface area contributed by atoms with Gasteiger partial charge in [-0.15, -0.1) is 15.3 Å². The smallest absolute Gasteiger partial charge is 0.282 e. The molecule has 2 aromatic heterocycles. The minimum absolute atomic E-state index is 0.105. The van der Waals surface area contributed by atoms with Crippen molar-refractivity contribution in [2.24, 2.45) is 0 Å². The van der Waals surface area contributed by atoms with Gasteiger partial charge in [0.05, 0.1) is 0 Å². The number of fused-ring (bicyclic) bond motifs is 1. The Hall–Kier alpha value is -1.50. The lowest BCUT2D eigenvalue weighted by molar-refractivity contribution is 0.0941. The maximum atomic E-state index is 11.6. The van der Waals surface area contributed by atoms with Gasteiger partial charge in [0.2, 0.25) is 9.97 Å². The minimum Gasteiger partial charge on any atom is -0.348 e. The maximum absolute atomic E-state index is 11.6. The topological polar surface area (TPSA) is 72.2 Å². The average Bonchev–Trinajstić information content (AvgIpc) is 2.67. The van der Waals surface area contributed by atoms with Gasteiger partial charge < -0.3 is 5.32 Å². The molecule has 0 radical (unpaired) electrons. The van der Waals surface area contributed by atoms with Crippen LogP contribution in [0.4, 0.5) is 0 Å². The van der Waals surface area contributed by atoms with E-state index in [1.54, 1.807) is 11.4 Å². The van der Waals surface area contributed by atoms with Crippen LogP contribution in [-0.2, 0) is 0 Å². The van der Waals surface area contributed by atoms with Gasteiger partial charge in [0.25, 0.3) is 5.91 Å². The van der Waals surface area contributed by atoms with Gasteiger partial charge in [-0.2, -0.15) is 4.52 Å². The largest absolute Gasteiger partial charge is 0.348 e. The fourth-order valence-corrected chi connectivity index (χ4v) is 1.92. The molecule has 2 heterocycles. The van der Waals surface area contributed by atoms with Crippen LogP contribution in [0.3, 0.4) is 0 Å². The van der Waals surface area contributed by atoms with Crippen molar-refractivity contribution in [1.29, 1.82) is 0 Å². The van der Waals surface area contributed by atoms with Crippen LogP contribution in [0.5, 0.6) is 0 Å². The van der Waals surface area contributed by atoms with E-state index in [0.29, 0.717) is 15.8 Å². The second-order valence-corrected chi connectivity index (χ2v) is 4.43. The van der Waals surface area contributed by atoms with E-state index in [1.165, 1.54) is 11.3 Å². The first-order valence-electron chi connectivity index (χ1n) is 4.57. The van der Waals surface area contributed by atoms with Crippen LogP contribution in [0.1, 0.15) is 29.5 Å². The standard InChI is InChI=1S/C8H11N5OS/c1-4(2)9-6(14)7-12-13-5(3)10-11-8(13)15-7/h4H,1-3H3,(H,9,14). The minimum atomic E-state index is -0.167. The summed E-state index contributed by atoms with van der Waals surface area (Å²) in [5.41, 5.74) is 0. The molecule has 0 spiro atoms. The summed E-state index contributed by atoms with van der Waals surface area (Å²) in [6, 6.07) is 0.105. The van der Waals surface area contributed by atoms with Crippen LogP contribution in [0.15, 0.2) is 0 Å². The Labute approximate surface area is 90.3 Å². The fourth-order valence-electron chi connectivity index (χ4n) is 1.13. The zero-order chi connectivity index (χ0) is 11.0. The third-order valence-corrected chi connectivity index (χ3v) is 2.66.